The Hall–Kier alpha value is -4.76. The molecule has 0 aliphatic rings. The zero-order chi connectivity index (χ0) is 26.7. The maximum Gasteiger partial charge on any atom is 0.257 e. The molecule has 4 rings (SSSR count). The fraction of sp³-hybridized carbons (Fsp3) is 0.0690. The molecule has 0 bridgehead atoms. The molecule has 0 aromatic heterocycles. The number of hydrogen-bond donors (Lipinski definition) is 3. The molecule has 9 heteroatoms. The molecule has 0 fully saturated rings. The second-order valence-corrected chi connectivity index (χ2v) is 8.39. The molecular weight excluding hydrogens is 505 g/mol. The summed E-state index contributed by atoms with van der Waals surface area (Å²) < 4.78 is 24.3. The van der Waals surface area contributed by atoms with Gasteiger partial charge in [0.2, 0.25) is 0 Å². The highest BCUT2D eigenvalue weighted by Crippen LogP contribution is 2.16. The van der Waals surface area contributed by atoms with Crippen molar-refractivity contribution in [2.24, 2.45) is 0 Å². The first-order chi connectivity index (χ1) is 18.5. The van der Waals surface area contributed by atoms with Crippen molar-refractivity contribution in [1.29, 1.82) is 0 Å². The quantitative estimate of drug-likeness (QED) is 0.192. The monoisotopic (exact) mass is 529 g/mol. The van der Waals surface area contributed by atoms with Gasteiger partial charge in [0.1, 0.15) is 30.5 Å². The van der Waals surface area contributed by atoms with E-state index >= 15 is 0 Å². The molecular formula is C29H24FN3O4S. The molecule has 3 N–H and O–H groups in total. The first-order valence-corrected chi connectivity index (χ1v) is 12.1. The second kappa shape index (κ2) is 13.0. The van der Waals surface area contributed by atoms with E-state index in [2.05, 4.69) is 16.0 Å². The molecule has 0 unspecified atom stereocenters. The Labute approximate surface area is 224 Å². The smallest absolute Gasteiger partial charge is 0.257 e. The molecule has 4 aromatic carbocycles. The van der Waals surface area contributed by atoms with Crippen LogP contribution in [0.1, 0.15) is 20.7 Å². The second-order valence-electron chi connectivity index (χ2n) is 7.98. The first-order valence-electron chi connectivity index (χ1n) is 11.7. The number of thiocarbonyl (C=S) groups is 1. The van der Waals surface area contributed by atoms with Crippen molar-refractivity contribution in [2.75, 3.05) is 23.8 Å². The summed E-state index contributed by atoms with van der Waals surface area (Å²) in [6, 6.07) is 28.2. The van der Waals surface area contributed by atoms with E-state index < -0.39 is 11.7 Å². The average molecular weight is 530 g/mol. The number of carbonyl (C=O) groups excluding carboxylic acids is 2. The summed E-state index contributed by atoms with van der Waals surface area (Å²) in [5, 5.41) is 8.28. The molecule has 0 saturated carbocycles. The molecule has 0 saturated heterocycles. The van der Waals surface area contributed by atoms with Gasteiger partial charge in [-0.2, -0.15) is 0 Å². The van der Waals surface area contributed by atoms with Crippen LogP contribution in [0.15, 0.2) is 103 Å². The Morgan fingerprint density at radius 2 is 1.32 bits per heavy atom. The molecule has 0 atom stereocenters. The lowest BCUT2D eigenvalue weighted by molar-refractivity contribution is 0.0976. The van der Waals surface area contributed by atoms with Crippen LogP contribution in [0.2, 0.25) is 0 Å². The molecule has 0 radical (unpaired) electrons. The van der Waals surface area contributed by atoms with Crippen molar-refractivity contribution in [3.8, 4) is 11.5 Å². The van der Waals surface area contributed by atoms with Crippen molar-refractivity contribution < 1.29 is 23.5 Å². The Morgan fingerprint density at radius 3 is 2.00 bits per heavy atom. The maximum absolute atomic E-state index is 13.1. The molecule has 0 aliphatic carbocycles. The highest BCUT2D eigenvalue weighted by atomic mass is 32.1. The van der Waals surface area contributed by atoms with E-state index in [1.54, 1.807) is 48.5 Å². The Kier molecular flexibility index (Phi) is 8.98. The van der Waals surface area contributed by atoms with E-state index in [4.69, 9.17) is 21.7 Å². The highest BCUT2D eigenvalue weighted by Gasteiger charge is 2.11. The van der Waals surface area contributed by atoms with E-state index in [-0.39, 0.29) is 11.0 Å². The van der Waals surface area contributed by atoms with Gasteiger partial charge in [-0.15, -0.1) is 0 Å². The van der Waals surface area contributed by atoms with E-state index in [1.807, 2.05) is 30.3 Å². The Morgan fingerprint density at radius 1 is 0.658 bits per heavy atom. The standard InChI is InChI=1S/C29H24FN3O4S/c30-22-11-13-23(14-12-22)31-28(35)21-5-4-6-24(19-21)32-29(38)33-27(34)20-9-15-26(16-10-20)37-18-17-36-25-7-2-1-3-8-25/h1-16,19H,17-18H2,(H,31,35)(H2,32,33,34,38). The van der Waals surface area contributed by atoms with Gasteiger partial charge in [-0.1, -0.05) is 24.3 Å². The normalized spacial score (nSPS) is 10.2. The van der Waals surface area contributed by atoms with E-state index in [1.165, 1.54) is 24.3 Å². The largest absolute Gasteiger partial charge is 0.490 e. The molecule has 0 aliphatic heterocycles. The number of amides is 2. The van der Waals surface area contributed by atoms with Crippen LogP contribution in [-0.2, 0) is 0 Å². The van der Waals surface area contributed by atoms with Crippen molar-refractivity contribution in [1.82, 2.24) is 5.32 Å². The van der Waals surface area contributed by atoms with Crippen LogP contribution >= 0.6 is 12.2 Å². The number of carbonyl (C=O) groups is 2. The summed E-state index contributed by atoms with van der Waals surface area (Å²) in [6.45, 7) is 0.747. The third kappa shape index (κ3) is 7.87. The van der Waals surface area contributed by atoms with Crippen LogP contribution in [0.3, 0.4) is 0 Å². The highest BCUT2D eigenvalue weighted by molar-refractivity contribution is 7.80. The third-order valence-corrected chi connectivity index (χ3v) is 5.40. The summed E-state index contributed by atoms with van der Waals surface area (Å²) in [7, 11) is 0. The van der Waals surface area contributed by atoms with Crippen molar-refractivity contribution in [3.63, 3.8) is 0 Å². The Bertz CT molecular complexity index is 1400. The van der Waals surface area contributed by atoms with E-state index in [0.29, 0.717) is 41.5 Å². The maximum atomic E-state index is 13.1. The van der Waals surface area contributed by atoms with Gasteiger partial charge >= 0.3 is 0 Å². The number of hydrogen-bond acceptors (Lipinski definition) is 5. The summed E-state index contributed by atoms with van der Waals surface area (Å²) in [5.74, 6) is 0.219. The van der Waals surface area contributed by atoms with Crippen LogP contribution in [0.4, 0.5) is 15.8 Å². The summed E-state index contributed by atoms with van der Waals surface area (Å²) in [5.41, 5.74) is 1.74. The van der Waals surface area contributed by atoms with E-state index in [0.717, 1.165) is 5.75 Å². The number of ether oxygens (including phenoxy) is 2. The van der Waals surface area contributed by atoms with Crippen LogP contribution in [0, 0.1) is 5.82 Å². The van der Waals surface area contributed by atoms with Crippen molar-refractivity contribution >= 4 is 40.5 Å². The predicted molar refractivity (Wildman–Crippen MR) is 148 cm³/mol. The number of para-hydroxylation sites is 1. The lowest BCUT2D eigenvalue weighted by atomic mass is 10.2. The molecule has 7 nitrogen and oxygen atoms in total. The lowest BCUT2D eigenvalue weighted by Crippen LogP contribution is -2.34. The van der Waals surface area contributed by atoms with Gasteiger partial charge in [-0.3, -0.25) is 14.9 Å². The number of anilines is 2. The van der Waals surface area contributed by atoms with Gasteiger partial charge < -0.3 is 20.1 Å². The van der Waals surface area contributed by atoms with Gasteiger partial charge in [0.25, 0.3) is 11.8 Å². The molecule has 2 amide bonds. The van der Waals surface area contributed by atoms with Crippen molar-refractivity contribution in [2.45, 2.75) is 0 Å². The predicted octanol–water partition coefficient (Wildman–Crippen LogP) is 5.66. The van der Waals surface area contributed by atoms with Gasteiger partial charge in [0.15, 0.2) is 5.11 Å². The third-order valence-electron chi connectivity index (χ3n) is 5.19. The SMILES string of the molecule is O=C(NC(=S)Nc1cccc(C(=O)Nc2ccc(F)cc2)c1)c1ccc(OCCOc2ccccc2)cc1. The van der Waals surface area contributed by atoms with Crippen LogP contribution in [0.25, 0.3) is 0 Å². The Balaban J connectivity index is 1.24. The van der Waals surface area contributed by atoms with Gasteiger partial charge in [-0.05, 0) is 91.1 Å². The number of rotatable bonds is 9. The van der Waals surface area contributed by atoms with Crippen LogP contribution < -0.4 is 25.4 Å². The fourth-order valence-electron chi connectivity index (χ4n) is 3.35. The van der Waals surface area contributed by atoms with Crippen molar-refractivity contribution in [3.05, 3.63) is 120 Å². The molecule has 0 heterocycles. The minimum Gasteiger partial charge on any atom is -0.490 e. The number of nitrogens with one attached hydrogen (secondary N) is 3. The number of halogens is 1. The average Bonchev–Trinajstić information content (AvgIpc) is 2.93. The first kappa shape index (κ1) is 26.3. The zero-order valence-corrected chi connectivity index (χ0v) is 21.0. The minimum absolute atomic E-state index is 0.0736. The van der Waals surface area contributed by atoms with Crippen LogP contribution in [0.5, 0.6) is 11.5 Å². The molecule has 4 aromatic rings. The summed E-state index contributed by atoms with van der Waals surface area (Å²) in [4.78, 5) is 25.1. The summed E-state index contributed by atoms with van der Waals surface area (Å²) >= 11 is 5.26. The summed E-state index contributed by atoms with van der Waals surface area (Å²) in [6.07, 6.45) is 0. The van der Waals surface area contributed by atoms with Crippen LogP contribution in [-0.4, -0.2) is 30.1 Å². The molecule has 0 spiro atoms. The number of benzene rings is 4. The zero-order valence-electron chi connectivity index (χ0n) is 20.1. The molecule has 192 valence electrons. The van der Waals surface area contributed by atoms with Gasteiger partial charge in [-0.25, -0.2) is 4.39 Å². The lowest BCUT2D eigenvalue weighted by Gasteiger charge is -2.12. The minimum atomic E-state index is -0.397. The topological polar surface area (TPSA) is 88.7 Å². The van der Waals surface area contributed by atoms with Gasteiger partial charge in [0.05, 0.1) is 0 Å². The van der Waals surface area contributed by atoms with E-state index in [9.17, 15) is 14.0 Å². The van der Waals surface area contributed by atoms with Gasteiger partial charge in [0, 0.05) is 22.5 Å². The fourth-order valence-corrected chi connectivity index (χ4v) is 3.56. The molecule has 38 heavy (non-hydrogen) atoms.